The van der Waals surface area contributed by atoms with Crippen LogP contribution in [0.15, 0.2) is 0 Å². The van der Waals surface area contributed by atoms with Crippen molar-refractivity contribution in [1.29, 1.82) is 0 Å². The van der Waals surface area contributed by atoms with Gasteiger partial charge in [0.15, 0.2) is 0 Å². The van der Waals surface area contributed by atoms with Gasteiger partial charge in [-0.15, -0.1) is 11.6 Å². The Balaban J connectivity index is 1.52. The van der Waals surface area contributed by atoms with Gasteiger partial charge in [0.1, 0.15) is 0 Å². The molecule has 7 nitrogen and oxygen atoms in total. The lowest BCUT2D eigenvalue weighted by Crippen LogP contribution is -2.64. The van der Waals surface area contributed by atoms with Crippen molar-refractivity contribution in [3.63, 3.8) is 0 Å². The van der Waals surface area contributed by atoms with Gasteiger partial charge in [0.2, 0.25) is 5.91 Å². The number of carbonyl (C=O) groups excluding carboxylic acids is 1. The Hall–Kier alpha value is -0.890. The molecule has 1 amide bonds. The highest BCUT2D eigenvalue weighted by atomic mass is 35.5. The average molecular weight is 401 g/mol. The van der Waals surface area contributed by atoms with E-state index in [0.29, 0.717) is 30.8 Å². The molecule has 8 heteroatoms. The summed E-state index contributed by atoms with van der Waals surface area (Å²) in [6.07, 6.45) is 5.30. The van der Waals surface area contributed by atoms with Crippen LogP contribution in [0, 0.1) is 5.92 Å². The first-order valence-electron chi connectivity index (χ1n) is 10.4. The molecule has 3 aliphatic rings. The molecule has 2 heterocycles. The minimum Gasteiger partial charge on any atom is -0.481 e. The second-order valence-corrected chi connectivity index (χ2v) is 8.75. The average Bonchev–Trinajstić information content (AvgIpc) is 2.68. The Morgan fingerprint density at radius 1 is 1.11 bits per heavy atom. The van der Waals surface area contributed by atoms with E-state index >= 15 is 0 Å². The Kier molecular flexibility index (Phi) is 7.36. The van der Waals surface area contributed by atoms with Gasteiger partial charge in [0, 0.05) is 56.6 Å². The van der Waals surface area contributed by atoms with Crippen molar-refractivity contribution in [2.24, 2.45) is 5.92 Å². The maximum atomic E-state index is 11.8. The third-order valence-corrected chi connectivity index (χ3v) is 6.82. The fourth-order valence-corrected chi connectivity index (χ4v) is 5.02. The van der Waals surface area contributed by atoms with Gasteiger partial charge in [0.05, 0.1) is 12.1 Å². The minimum absolute atomic E-state index is 0.0235. The first-order valence-corrected chi connectivity index (χ1v) is 10.8. The second-order valence-electron chi connectivity index (χ2n) is 8.13. The quantitative estimate of drug-likeness (QED) is 0.598. The van der Waals surface area contributed by atoms with Crippen molar-refractivity contribution in [3.05, 3.63) is 0 Å². The third-order valence-electron chi connectivity index (χ3n) is 6.38. The first kappa shape index (κ1) is 20.8. The van der Waals surface area contributed by atoms with E-state index in [1.54, 1.807) is 0 Å². The zero-order valence-electron chi connectivity index (χ0n) is 16.2. The van der Waals surface area contributed by atoms with Crippen LogP contribution in [0.25, 0.3) is 0 Å². The summed E-state index contributed by atoms with van der Waals surface area (Å²) in [6.45, 7) is 6.17. The number of rotatable bonds is 5. The second kappa shape index (κ2) is 9.54. The number of piperazine rings is 1. The highest BCUT2D eigenvalue weighted by Crippen LogP contribution is 2.28. The van der Waals surface area contributed by atoms with Gasteiger partial charge < -0.3 is 10.4 Å². The summed E-state index contributed by atoms with van der Waals surface area (Å²) in [5, 5.41) is 16.4. The molecule has 3 atom stereocenters. The molecule has 0 radical (unpaired) electrons. The lowest BCUT2D eigenvalue weighted by Gasteiger charge is -2.47. The normalized spacial score (nSPS) is 36.3. The number of halogens is 1. The molecule has 1 saturated carbocycles. The van der Waals surface area contributed by atoms with Crippen LogP contribution >= 0.6 is 11.6 Å². The summed E-state index contributed by atoms with van der Waals surface area (Å²) < 4.78 is 0. The zero-order valence-corrected chi connectivity index (χ0v) is 17.0. The van der Waals surface area contributed by atoms with Crippen LogP contribution in [0.4, 0.5) is 0 Å². The molecule has 0 bridgehead atoms. The third kappa shape index (κ3) is 5.34. The molecule has 3 fully saturated rings. The molecule has 0 aromatic rings. The van der Waals surface area contributed by atoms with E-state index in [1.165, 1.54) is 12.8 Å². The summed E-state index contributed by atoms with van der Waals surface area (Å²) in [6, 6.07) is 0.521. The van der Waals surface area contributed by atoms with Gasteiger partial charge in [-0.25, -0.2) is 0 Å². The van der Waals surface area contributed by atoms with Crippen LogP contribution in [-0.2, 0) is 9.59 Å². The summed E-state index contributed by atoms with van der Waals surface area (Å²) in [7, 11) is 0. The van der Waals surface area contributed by atoms with Crippen molar-refractivity contribution in [2.75, 3.05) is 32.7 Å². The van der Waals surface area contributed by atoms with Gasteiger partial charge in [-0.1, -0.05) is 6.92 Å². The van der Waals surface area contributed by atoms with Crippen molar-refractivity contribution in [3.8, 4) is 0 Å². The zero-order chi connectivity index (χ0) is 19.4. The van der Waals surface area contributed by atoms with E-state index in [0.717, 1.165) is 39.0 Å². The highest BCUT2D eigenvalue weighted by molar-refractivity contribution is 6.20. The van der Waals surface area contributed by atoms with E-state index in [4.69, 9.17) is 11.6 Å². The first-order chi connectivity index (χ1) is 13.0. The summed E-state index contributed by atoms with van der Waals surface area (Å²) in [5.74, 6) is -1.31. The predicted molar refractivity (Wildman–Crippen MR) is 105 cm³/mol. The Bertz CT molecular complexity index is 519. The number of hydrogen-bond acceptors (Lipinski definition) is 5. The molecule has 2 aliphatic heterocycles. The molecule has 1 aliphatic carbocycles. The van der Waals surface area contributed by atoms with Gasteiger partial charge in [0.25, 0.3) is 0 Å². The van der Waals surface area contributed by atoms with Crippen molar-refractivity contribution >= 4 is 23.5 Å². The van der Waals surface area contributed by atoms with Gasteiger partial charge in [-0.3, -0.25) is 24.7 Å². The predicted octanol–water partition coefficient (Wildman–Crippen LogP) is 1.07. The summed E-state index contributed by atoms with van der Waals surface area (Å²) in [4.78, 5) is 28.3. The SMILES string of the molecule is CCC(=O)NC1CNC(N2CCN(C3CCC(Cl)CC3)CC2)C(C(=O)O)C1. The molecule has 3 unspecified atom stereocenters. The summed E-state index contributed by atoms with van der Waals surface area (Å²) in [5.41, 5.74) is 0. The molecule has 0 aromatic heterocycles. The number of nitrogens with one attached hydrogen (secondary N) is 2. The smallest absolute Gasteiger partial charge is 0.309 e. The lowest BCUT2D eigenvalue weighted by atomic mass is 9.90. The molecule has 27 heavy (non-hydrogen) atoms. The molecule has 3 rings (SSSR count). The Morgan fingerprint density at radius 2 is 1.74 bits per heavy atom. The van der Waals surface area contributed by atoms with Crippen LogP contribution in [-0.4, -0.2) is 83.1 Å². The molecule has 2 saturated heterocycles. The molecular weight excluding hydrogens is 368 g/mol. The number of carboxylic acid groups (broad SMARTS) is 1. The Labute approximate surface area is 166 Å². The maximum Gasteiger partial charge on any atom is 0.309 e. The van der Waals surface area contributed by atoms with Crippen molar-refractivity contribution < 1.29 is 14.7 Å². The number of hydrogen-bond donors (Lipinski definition) is 3. The van der Waals surface area contributed by atoms with Crippen LogP contribution < -0.4 is 10.6 Å². The van der Waals surface area contributed by atoms with Crippen LogP contribution in [0.3, 0.4) is 0 Å². The molecule has 3 N–H and O–H groups in total. The van der Waals surface area contributed by atoms with Crippen LogP contribution in [0.2, 0.25) is 0 Å². The van der Waals surface area contributed by atoms with Gasteiger partial charge >= 0.3 is 5.97 Å². The number of amides is 1. The number of alkyl halides is 1. The summed E-state index contributed by atoms with van der Waals surface area (Å²) >= 11 is 6.23. The fourth-order valence-electron chi connectivity index (χ4n) is 4.76. The Morgan fingerprint density at radius 3 is 2.33 bits per heavy atom. The number of piperidine rings is 1. The minimum atomic E-state index is -0.786. The monoisotopic (exact) mass is 400 g/mol. The molecular formula is C19H33ClN4O3. The largest absolute Gasteiger partial charge is 0.481 e. The number of carboxylic acids is 1. The van der Waals surface area contributed by atoms with E-state index in [9.17, 15) is 14.7 Å². The van der Waals surface area contributed by atoms with Crippen LogP contribution in [0.1, 0.15) is 45.4 Å². The molecule has 154 valence electrons. The van der Waals surface area contributed by atoms with Gasteiger partial charge in [-0.2, -0.15) is 0 Å². The molecule has 0 spiro atoms. The maximum absolute atomic E-state index is 11.8. The van der Waals surface area contributed by atoms with E-state index in [2.05, 4.69) is 20.4 Å². The van der Waals surface area contributed by atoms with E-state index in [1.807, 2.05) is 6.92 Å². The fraction of sp³-hybridized carbons (Fsp3) is 0.895. The van der Waals surface area contributed by atoms with Crippen molar-refractivity contribution in [1.82, 2.24) is 20.4 Å². The number of carbonyl (C=O) groups is 2. The number of nitrogens with zero attached hydrogens (tertiary/aromatic N) is 2. The lowest BCUT2D eigenvalue weighted by molar-refractivity contribution is -0.147. The van der Waals surface area contributed by atoms with Crippen LogP contribution in [0.5, 0.6) is 0 Å². The van der Waals surface area contributed by atoms with Gasteiger partial charge in [-0.05, 0) is 32.1 Å². The van der Waals surface area contributed by atoms with Crippen molar-refractivity contribution in [2.45, 2.75) is 69.1 Å². The molecule has 0 aromatic carbocycles. The van der Waals surface area contributed by atoms with E-state index in [-0.39, 0.29) is 18.1 Å². The highest BCUT2D eigenvalue weighted by Gasteiger charge is 2.40. The number of aliphatic carboxylic acids is 1. The standard InChI is InChI=1S/C19H33ClN4O3/c1-2-17(25)22-14-11-16(19(26)27)18(21-12-14)24-9-7-23(8-10-24)15-5-3-13(20)4-6-15/h13-16,18,21H,2-12H2,1H3,(H,22,25)(H,26,27). The van der Waals surface area contributed by atoms with E-state index < -0.39 is 11.9 Å². The topological polar surface area (TPSA) is 84.9 Å².